The van der Waals surface area contributed by atoms with Gasteiger partial charge in [0.05, 0.1) is 5.75 Å². The Labute approximate surface area is 148 Å². The molecule has 4 nitrogen and oxygen atoms in total. The van der Waals surface area contributed by atoms with E-state index in [0.717, 1.165) is 34.7 Å². The van der Waals surface area contributed by atoms with Crippen LogP contribution in [-0.2, 0) is 10.1 Å². The molecule has 0 aliphatic carbocycles. The van der Waals surface area contributed by atoms with Crippen LogP contribution in [0.4, 0.5) is 0 Å². The van der Waals surface area contributed by atoms with Gasteiger partial charge in [-0.2, -0.15) is 8.42 Å². The number of hydrogen-bond acceptors (Lipinski definition) is 4. The van der Waals surface area contributed by atoms with Crippen LogP contribution in [0.2, 0.25) is 0 Å². The summed E-state index contributed by atoms with van der Waals surface area (Å²) in [5.41, 5.74) is 1.94. The summed E-state index contributed by atoms with van der Waals surface area (Å²) in [4.78, 5) is 4.15. The molecule has 0 unspecified atom stereocenters. The van der Waals surface area contributed by atoms with E-state index in [0.29, 0.717) is 12.2 Å². The number of rotatable bonds is 7. The summed E-state index contributed by atoms with van der Waals surface area (Å²) in [6.07, 6.45) is 6.05. The van der Waals surface area contributed by atoms with Gasteiger partial charge in [0.15, 0.2) is 0 Å². The van der Waals surface area contributed by atoms with E-state index in [1.54, 1.807) is 18.3 Å². The molecular weight excluding hydrogens is 334 g/mol. The lowest BCUT2D eigenvalue weighted by molar-refractivity contribution is 0.483. The van der Waals surface area contributed by atoms with E-state index in [9.17, 15) is 8.42 Å². The summed E-state index contributed by atoms with van der Waals surface area (Å²) in [6, 6.07) is 15.1. The first-order valence-corrected chi connectivity index (χ1v) is 10.0. The largest absolute Gasteiger partial charge is 0.382 e. The number of nitrogens with zero attached hydrogens (tertiary/aromatic N) is 1. The van der Waals surface area contributed by atoms with E-state index in [1.807, 2.05) is 49.5 Å². The fourth-order valence-electron chi connectivity index (χ4n) is 2.81. The van der Waals surface area contributed by atoms with Crippen molar-refractivity contribution in [2.45, 2.75) is 26.2 Å². The Hall–Kier alpha value is -2.40. The van der Waals surface area contributed by atoms with E-state index >= 15 is 0 Å². The molecule has 0 radical (unpaired) electrons. The Balaban J connectivity index is 1.89. The van der Waals surface area contributed by atoms with Crippen molar-refractivity contribution in [2.24, 2.45) is 0 Å². The van der Waals surface area contributed by atoms with Crippen molar-refractivity contribution in [3.8, 4) is 16.9 Å². The van der Waals surface area contributed by atoms with Gasteiger partial charge in [-0.25, -0.2) is 0 Å². The normalized spacial score (nSPS) is 11.6. The van der Waals surface area contributed by atoms with Gasteiger partial charge in [-0.05, 0) is 41.1 Å². The summed E-state index contributed by atoms with van der Waals surface area (Å²) in [5, 5.41) is 2.11. The van der Waals surface area contributed by atoms with Crippen LogP contribution in [0, 0.1) is 0 Å². The highest BCUT2D eigenvalue weighted by Crippen LogP contribution is 2.30. The SMILES string of the molecule is CCCCCS(=O)(=O)Oc1cccc(-c2cccc3cnccc23)c1. The Bertz CT molecular complexity index is 962. The van der Waals surface area contributed by atoms with Gasteiger partial charge in [0.2, 0.25) is 0 Å². The maximum absolute atomic E-state index is 12.1. The average molecular weight is 355 g/mol. The van der Waals surface area contributed by atoms with E-state index < -0.39 is 10.1 Å². The number of unbranched alkanes of at least 4 members (excludes halogenated alkanes) is 2. The van der Waals surface area contributed by atoms with Crippen LogP contribution in [0.15, 0.2) is 60.9 Å². The minimum absolute atomic E-state index is 0.0466. The summed E-state index contributed by atoms with van der Waals surface area (Å²) in [5.74, 6) is 0.394. The molecule has 1 heterocycles. The van der Waals surface area contributed by atoms with Crippen molar-refractivity contribution in [1.82, 2.24) is 4.98 Å². The van der Waals surface area contributed by atoms with Crippen molar-refractivity contribution < 1.29 is 12.6 Å². The summed E-state index contributed by atoms with van der Waals surface area (Å²) in [6.45, 7) is 2.04. The van der Waals surface area contributed by atoms with Crippen molar-refractivity contribution in [1.29, 1.82) is 0 Å². The van der Waals surface area contributed by atoms with Gasteiger partial charge in [0, 0.05) is 17.8 Å². The molecule has 5 heteroatoms. The Morgan fingerprint density at radius 1 is 1.04 bits per heavy atom. The van der Waals surface area contributed by atoms with E-state index in [-0.39, 0.29) is 5.75 Å². The molecule has 3 rings (SSSR count). The molecule has 0 saturated carbocycles. The third-order valence-electron chi connectivity index (χ3n) is 4.05. The molecule has 3 aromatic rings. The summed E-state index contributed by atoms with van der Waals surface area (Å²) >= 11 is 0. The second-order valence-electron chi connectivity index (χ2n) is 5.98. The average Bonchev–Trinajstić information content (AvgIpc) is 2.61. The zero-order chi connectivity index (χ0) is 17.7. The summed E-state index contributed by atoms with van der Waals surface area (Å²) in [7, 11) is -3.56. The van der Waals surface area contributed by atoms with Crippen LogP contribution in [-0.4, -0.2) is 19.2 Å². The molecule has 0 aliphatic rings. The molecule has 0 N–H and O–H groups in total. The van der Waals surface area contributed by atoms with E-state index in [1.165, 1.54) is 0 Å². The van der Waals surface area contributed by atoms with Crippen LogP contribution in [0.5, 0.6) is 5.75 Å². The van der Waals surface area contributed by atoms with Crippen LogP contribution in [0.3, 0.4) is 0 Å². The molecular formula is C20H21NO3S. The molecule has 0 bridgehead atoms. The van der Waals surface area contributed by atoms with E-state index in [2.05, 4.69) is 4.98 Å². The molecule has 0 atom stereocenters. The standard InChI is InChI=1S/C20H21NO3S/c1-2-3-4-13-25(22,23)24-18-9-5-7-16(14-18)19-10-6-8-17-15-21-12-11-20(17)19/h5-12,14-15H,2-4,13H2,1H3. The number of pyridine rings is 1. The number of hydrogen-bond donors (Lipinski definition) is 0. The molecule has 1 aromatic heterocycles. The van der Waals surface area contributed by atoms with Gasteiger partial charge in [-0.3, -0.25) is 4.98 Å². The lowest BCUT2D eigenvalue weighted by Crippen LogP contribution is -2.13. The van der Waals surface area contributed by atoms with Gasteiger partial charge in [0.1, 0.15) is 5.75 Å². The number of benzene rings is 2. The van der Waals surface area contributed by atoms with Gasteiger partial charge >= 0.3 is 10.1 Å². The molecule has 130 valence electrons. The first-order valence-electron chi connectivity index (χ1n) is 8.44. The zero-order valence-electron chi connectivity index (χ0n) is 14.2. The third kappa shape index (κ3) is 4.37. The molecule has 2 aromatic carbocycles. The fourth-order valence-corrected chi connectivity index (χ4v) is 3.84. The lowest BCUT2D eigenvalue weighted by atomic mass is 9.99. The summed E-state index contributed by atoms with van der Waals surface area (Å²) < 4.78 is 29.5. The lowest BCUT2D eigenvalue weighted by Gasteiger charge is -2.10. The highest BCUT2D eigenvalue weighted by molar-refractivity contribution is 7.87. The van der Waals surface area contributed by atoms with Gasteiger partial charge in [-0.15, -0.1) is 0 Å². The molecule has 0 amide bonds. The second kappa shape index (κ2) is 7.66. The van der Waals surface area contributed by atoms with Gasteiger partial charge < -0.3 is 4.18 Å². The van der Waals surface area contributed by atoms with Gasteiger partial charge in [-0.1, -0.05) is 50.1 Å². The zero-order valence-corrected chi connectivity index (χ0v) is 15.0. The smallest absolute Gasteiger partial charge is 0.309 e. The molecule has 0 spiro atoms. The highest BCUT2D eigenvalue weighted by atomic mass is 32.2. The number of aromatic nitrogens is 1. The van der Waals surface area contributed by atoms with Crippen LogP contribution in [0.25, 0.3) is 21.9 Å². The van der Waals surface area contributed by atoms with Crippen LogP contribution < -0.4 is 4.18 Å². The quantitative estimate of drug-likeness (QED) is 0.451. The van der Waals surface area contributed by atoms with Crippen LogP contribution >= 0.6 is 0 Å². The monoisotopic (exact) mass is 355 g/mol. The Kier molecular flexibility index (Phi) is 5.34. The first-order chi connectivity index (χ1) is 12.1. The van der Waals surface area contributed by atoms with E-state index in [4.69, 9.17) is 4.18 Å². The van der Waals surface area contributed by atoms with Crippen molar-refractivity contribution in [3.63, 3.8) is 0 Å². The topological polar surface area (TPSA) is 56.3 Å². The van der Waals surface area contributed by atoms with Crippen LogP contribution in [0.1, 0.15) is 26.2 Å². The highest BCUT2D eigenvalue weighted by Gasteiger charge is 2.13. The predicted molar refractivity (Wildman–Crippen MR) is 101 cm³/mol. The maximum atomic E-state index is 12.1. The molecule has 25 heavy (non-hydrogen) atoms. The first kappa shape index (κ1) is 17.4. The molecule has 0 aliphatic heterocycles. The van der Waals surface area contributed by atoms with Gasteiger partial charge in [0.25, 0.3) is 0 Å². The minimum Gasteiger partial charge on any atom is -0.382 e. The van der Waals surface area contributed by atoms with Crippen molar-refractivity contribution in [2.75, 3.05) is 5.75 Å². The maximum Gasteiger partial charge on any atom is 0.309 e. The van der Waals surface area contributed by atoms with Crippen molar-refractivity contribution in [3.05, 3.63) is 60.9 Å². The Morgan fingerprint density at radius 3 is 2.72 bits per heavy atom. The molecule has 0 saturated heterocycles. The third-order valence-corrected chi connectivity index (χ3v) is 5.28. The Morgan fingerprint density at radius 2 is 1.88 bits per heavy atom. The second-order valence-corrected chi connectivity index (χ2v) is 7.67. The fraction of sp³-hybridized carbons (Fsp3) is 0.250. The number of fused-ring (bicyclic) bond motifs is 1. The van der Waals surface area contributed by atoms with Crippen molar-refractivity contribution >= 4 is 20.9 Å². The minimum atomic E-state index is -3.56. The molecule has 0 fully saturated rings. The predicted octanol–water partition coefficient (Wildman–Crippen LogP) is 4.80.